The lowest BCUT2D eigenvalue weighted by atomic mass is 10.3. The number of hydrogen-bond donors (Lipinski definition) is 6. The maximum atomic E-state index is 11.8. The Balaban J connectivity index is 0.000000762. The average Bonchev–Trinajstić information content (AvgIpc) is 3.06. The topological polar surface area (TPSA) is 253 Å². The lowest BCUT2D eigenvalue weighted by molar-refractivity contribution is -0.0103. The normalized spacial score (nSPS) is 21.3. The van der Waals surface area contributed by atoms with Gasteiger partial charge in [0.25, 0.3) is 0 Å². The number of ether oxygens (including phenoxy) is 1. The van der Waals surface area contributed by atoms with Gasteiger partial charge in [-0.1, -0.05) is 20.8 Å². The van der Waals surface area contributed by atoms with Crippen molar-refractivity contribution in [2.45, 2.75) is 33.1 Å². The predicted octanol–water partition coefficient (Wildman–Crippen LogP) is 0.290. The number of aromatic nitrogens is 2. The summed E-state index contributed by atoms with van der Waals surface area (Å²) < 4.78 is 50.8. The number of rotatable bonds is 11. The molecule has 7 N–H and O–H groups in total. The molecule has 1 aliphatic heterocycles. The molecule has 0 fully saturated rings. The van der Waals surface area contributed by atoms with Crippen molar-refractivity contribution in [3.8, 4) is 0 Å². The van der Waals surface area contributed by atoms with Gasteiger partial charge in [-0.05, 0) is 31.8 Å². The third-order valence-electron chi connectivity index (χ3n) is 4.17. The van der Waals surface area contributed by atoms with Crippen molar-refractivity contribution in [3.63, 3.8) is 0 Å². The Morgan fingerprint density at radius 1 is 1.09 bits per heavy atom. The Labute approximate surface area is 200 Å². The molecule has 1 aromatic rings. The zero-order valence-corrected chi connectivity index (χ0v) is 21.7. The quantitative estimate of drug-likeness (QED) is 0.197. The van der Waals surface area contributed by atoms with E-state index < -0.39 is 48.1 Å². The molecular formula is C15H29N4O13P3. The van der Waals surface area contributed by atoms with Crippen molar-refractivity contribution in [2.24, 2.45) is 0 Å². The summed E-state index contributed by atoms with van der Waals surface area (Å²) in [5.41, 5.74) is 4.48. The Kier molecular flexibility index (Phi) is 11.9. The van der Waals surface area contributed by atoms with Crippen LogP contribution in [-0.2, 0) is 31.6 Å². The molecule has 4 atom stereocenters. The van der Waals surface area contributed by atoms with Crippen LogP contribution in [0.2, 0.25) is 0 Å². The fourth-order valence-corrected chi connectivity index (χ4v) is 5.56. The standard InChI is InChI=1S/C9H14N3O13P3.C6H15N/c10-7-1-2-12(9(14)11-7)8-6(13)3-5(23-8)4-22-27(18,19)25-28(20,21)24-26(15,16)17;1-4-7(5-2)6-3/h1-3,6,8,13H,4H2,(H,18,19)(H,20,21)(H2,10,11,14)(H2,15,16,17);4-6H2,1-3H3/t6-,8-;/m1./s1. The maximum Gasteiger partial charge on any atom is 0.490 e. The summed E-state index contributed by atoms with van der Waals surface area (Å²) in [5, 5.41) is 9.92. The minimum Gasteiger partial charge on any atom is -0.469 e. The van der Waals surface area contributed by atoms with E-state index >= 15 is 0 Å². The number of nitrogen functional groups attached to an aromatic ring is 1. The Morgan fingerprint density at radius 3 is 2.11 bits per heavy atom. The summed E-state index contributed by atoms with van der Waals surface area (Å²) in [4.78, 5) is 52.8. The van der Waals surface area contributed by atoms with Crippen molar-refractivity contribution in [1.29, 1.82) is 0 Å². The highest BCUT2D eigenvalue weighted by Gasteiger charge is 2.41. The van der Waals surface area contributed by atoms with Gasteiger partial charge in [0.2, 0.25) is 6.23 Å². The summed E-state index contributed by atoms with van der Waals surface area (Å²) in [5.74, 6) is -0.350. The van der Waals surface area contributed by atoms with Gasteiger partial charge < -0.3 is 40.1 Å². The van der Waals surface area contributed by atoms with Gasteiger partial charge in [-0.15, -0.1) is 0 Å². The Morgan fingerprint density at radius 2 is 1.66 bits per heavy atom. The van der Waals surface area contributed by atoms with Crippen LogP contribution in [-0.4, -0.2) is 71.5 Å². The highest BCUT2D eigenvalue weighted by molar-refractivity contribution is 7.66. The average molecular weight is 566 g/mol. The van der Waals surface area contributed by atoms with Crippen LogP contribution in [0.15, 0.2) is 28.9 Å². The number of hydrogen-bond acceptors (Lipinski definition) is 12. The molecule has 0 aliphatic carbocycles. The van der Waals surface area contributed by atoms with E-state index in [1.54, 1.807) is 0 Å². The van der Waals surface area contributed by atoms with E-state index in [4.69, 9.17) is 25.2 Å². The zero-order chi connectivity index (χ0) is 27.0. The first-order valence-electron chi connectivity index (χ1n) is 9.93. The van der Waals surface area contributed by atoms with Gasteiger partial charge in [-0.3, -0.25) is 9.09 Å². The molecule has 0 radical (unpaired) electrons. The first-order valence-corrected chi connectivity index (χ1v) is 14.4. The molecule has 17 nitrogen and oxygen atoms in total. The van der Waals surface area contributed by atoms with E-state index in [0.717, 1.165) is 10.6 Å². The third kappa shape index (κ3) is 11.4. The van der Waals surface area contributed by atoms with Crippen molar-refractivity contribution >= 4 is 29.3 Å². The van der Waals surface area contributed by atoms with Gasteiger partial charge >= 0.3 is 29.2 Å². The van der Waals surface area contributed by atoms with Gasteiger partial charge in [0.15, 0.2) is 0 Å². The van der Waals surface area contributed by atoms with Crippen LogP contribution in [0.5, 0.6) is 0 Å². The molecule has 0 amide bonds. The molecule has 1 aromatic heterocycles. The summed E-state index contributed by atoms with van der Waals surface area (Å²) in [6.07, 6.45) is -0.529. The first kappa shape index (κ1) is 31.6. The number of phosphoric ester groups is 1. The van der Waals surface area contributed by atoms with E-state index in [0.29, 0.717) is 0 Å². The lowest BCUT2D eigenvalue weighted by Gasteiger charge is -2.19. The second kappa shape index (κ2) is 13.2. The molecule has 2 rings (SSSR count). The molecule has 0 spiro atoms. The fraction of sp³-hybridized carbons (Fsp3) is 0.600. The van der Waals surface area contributed by atoms with Crippen LogP contribution in [0.25, 0.3) is 0 Å². The molecule has 20 heteroatoms. The summed E-state index contributed by atoms with van der Waals surface area (Å²) in [6.45, 7) is 9.23. The van der Waals surface area contributed by atoms with Gasteiger partial charge in [0, 0.05) is 6.20 Å². The molecule has 0 saturated carbocycles. The van der Waals surface area contributed by atoms with Crippen LogP contribution in [0.4, 0.5) is 5.82 Å². The van der Waals surface area contributed by atoms with Crippen molar-refractivity contribution < 1.29 is 56.3 Å². The smallest absolute Gasteiger partial charge is 0.469 e. The second-order valence-corrected chi connectivity index (χ2v) is 11.1. The number of anilines is 1. The van der Waals surface area contributed by atoms with E-state index in [2.05, 4.69) is 43.8 Å². The van der Waals surface area contributed by atoms with Crippen LogP contribution >= 0.6 is 23.5 Å². The number of phosphoric acid groups is 3. The molecule has 0 bridgehead atoms. The first-order chi connectivity index (χ1) is 16.0. The van der Waals surface area contributed by atoms with Crippen molar-refractivity contribution in [2.75, 3.05) is 32.0 Å². The number of nitrogens with two attached hydrogens (primary N) is 1. The van der Waals surface area contributed by atoms with Crippen molar-refractivity contribution in [1.82, 2.24) is 14.5 Å². The van der Waals surface area contributed by atoms with Crippen LogP contribution in [0.3, 0.4) is 0 Å². The van der Waals surface area contributed by atoms with Gasteiger partial charge in [0.1, 0.15) is 24.3 Å². The molecule has 1 aliphatic rings. The summed E-state index contributed by atoms with van der Waals surface area (Å²) >= 11 is 0. The van der Waals surface area contributed by atoms with Crippen LogP contribution < -0.4 is 11.4 Å². The summed E-state index contributed by atoms with van der Waals surface area (Å²) in [7, 11) is -16.5. The molecule has 0 saturated heterocycles. The van der Waals surface area contributed by atoms with Crippen LogP contribution in [0, 0.1) is 0 Å². The Hall–Kier alpha value is -1.45. The number of aliphatic hydroxyl groups excluding tert-OH is 1. The van der Waals surface area contributed by atoms with Gasteiger partial charge in [-0.2, -0.15) is 13.6 Å². The molecule has 2 unspecified atom stereocenters. The van der Waals surface area contributed by atoms with E-state index in [9.17, 15) is 28.5 Å². The molecule has 0 aromatic carbocycles. The molecular weight excluding hydrogens is 537 g/mol. The Bertz CT molecular complexity index is 1060. The minimum absolute atomic E-state index is 0.0745. The zero-order valence-electron chi connectivity index (χ0n) is 19.0. The van der Waals surface area contributed by atoms with Gasteiger partial charge in [-0.25, -0.2) is 18.5 Å². The summed E-state index contributed by atoms with van der Waals surface area (Å²) in [6, 6.07) is 1.25. The predicted molar refractivity (Wildman–Crippen MR) is 120 cm³/mol. The number of nitrogens with zero attached hydrogens (tertiary/aromatic N) is 3. The number of aliphatic hydroxyl groups is 1. The van der Waals surface area contributed by atoms with Gasteiger partial charge in [0.05, 0.1) is 0 Å². The van der Waals surface area contributed by atoms with Crippen LogP contribution in [0.1, 0.15) is 27.0 Å². The van der Waals surface area contributed by atoms with Crippen molar-refractivity contribution in [3.05, 3.63) is 34.6 Å². The van der Waals surface area contributed by atoms with E-state index in [1.165, 1.54) is 31.9 Å². The van der Waals surface area contributed by atoms with E-state index in [-0.39, 0.29) is 11.6 Å². The SMILES string of the molecule is CCN(CC)CC.Nc1ccn([C@@H]2OC(COP(=O)(O)OP(=O)(O)OP(=O)(O)O)=C[C@H]2O)c(=O)n1. The largest absolute Gasteiger partial charge is 0.490 e. The second-order valence-electron chi connectivity index (χ2n) is 6.66. The molecule has 2 heterocycles. The molecule has 202 valence electrons. The van der Waals surface area contributed by atoms with E-state index in [1.807, 2.05) is 0 Å². The fourth-order valence-electron chi connectivity index (χ4n) is 2.58. The minimum atomic E-state index is -5.66. The lowest BCUT2D eigenvalue weighted by Crippen LogP contribution is -2.32. The monoisotopic (exact) mass is 566 g/mol. The maximum absolute atomic E-state index is 11.8. The highest BCUT2D eigenvalue weighted by Crippen LogP contribution is 2.66. The third-order valence-corrected chi connectivity index (χ3v) is 7.96. The highest BCUT2D eigenvalue weighted by atomic mass is 31.3. The molecule has 35 heavy (non-hydrogen) atoms.